The third-order valence-electron chi connectivity index (χ3n) is 6.36. The van der Waals surface area contributed by atoms with Gasteiger partial charge in [-0.1, -0.05) is 17.0 Å². The number of imidazole rings is 1. The van der Waals surface area contributed by atoms with Gasteiger partial charge in [-0.25, -0.2) is 4.98 Å². The molecule has 1 saturated heterocycles. The Labute approximate surface area is 187 Å². The number of aliphatic hydroxyl groups is 2. The highest BCUT2D eigenvalue weighted by molar-refractivity contribution is 5.59. The highest BCUT2D eigenvalue weighted by atomic mass is 16.5. The Bertz CT molecular complexity index is 1120. The minimum absolute atomic E-state index is 0.261. The van der Waals surface area contributed by atoms with Gasteiger partial charge in [-0.2, -0.15) is 0 Å². The molecule has 1 unspecified atom stereocenters. The molecule has 1 aliphatic heterocycles. The van der Waals surface area contributed by atoms with Crippen molar-refractivity contribution in [1.82, 2.24) is 19.6 Å². The van der Waals surface area contributed by atoms with E-state index in [1.54, 1.807) is 13.1 Å². The summed E-state index contributed by atoms with van der Waals surface area (Å²) in [5.41, 5.74) is 2.72. The zero-order valence-electron chi connectivity index (χ0n) is 18.3. The molecule has 32 heavy (non-hydrogen) atoms. The number of likely N-dealkylation sites (tertiary alicyclic amines) is 1. The maximum atomic E-state index is 9.80. The van der Waals surface area contributed by atoms with Gasteiger partial charge < -0.3 is 24.2 Å². The van der Waals surface area contributed by atoms with Gasteiger partial charge in [0.25, 0.3) is 0 Å². The molecule has 2 aromatic heterocycles. The van der Waals surface area contributed by atoms with E-state index in [2.05, 4.69) is 26.9 Å². The van der Waals surface area contributed by atoms with E-state index in [9.17, 15) is 10.2 Å². The first-order chi connectivity index (χ1) is 15.5. The molecule has 7 nitrogen and oxygen atoms in total. The molecule has 2 N–H and O–H groups in total. The molecule has 0 spiro atoms. The van der Waals surface area contributed by atoms with Crippen LogP contribution in [-0.4, -0.2) is 55.6 Å². The summed E-state index contributed by atoms with van der Waals surface area (Å²) < 4.78 is 7.39. The van der Waals surface area contributed by atoms with Gasteiger partial charge in [0.05, 0.1) is 12.6 Å². The number of fused-ring (bicyclic) bond motifs is 1. The summed E-state index contributed by atoms with van der Waals surface area (Å²) in [4.78, 5) is 6.53. The number of rotatable bonds is 6. The van der Waals surface area contributed by atoms with Crippen LogP contribution in [-0.2, 0) is 6.54 Å². The molecule has 1 aliphatic carbocycles. The second-order valence-corrected chi connectivity index (χ2v) is 9.04. The lowest BCUT2D eigenvalue weighted by Gasteiger charge is -2.19. The first kappa shape index (κ1) is 21.0. The first-order valence-corrected chi connectivity index (χ1v) is 11.1. The Kier molecular flexibility index (Phi) is 5.60. The van der Waals surface area contributed by atoms with E-state index in [0.717, 1.165) is 36.5 Å². The maximum absolute atomic E-state index is 9.80. The van der Waals surface area contributed by atoms with Gasteiger partial charge in [-0.15, -0.1) is 0 Å². The fourth-order valence-electron chi connectivity index (χ4n) is 4.75. The SMILES string of the molecule is CC(O)CN1C[C@@H]2[C@@H](C#Cc3ccc(-c4cc(Cn5ccnc5[C@H](C)O)no4)cc3)[C@@H]2C1. The minimum Gasteiger partial charge on any atom is -0.392 e. The van der Waals surface area contributed by atoms with Crippen molar-refractivity contribution in [2.45, 2.75) is 32.6 Å². The van der Waals surface area contributed by atoms with Crippen LogP contribution in [0.4, 0.5) is 0 Å². The number of aromatic nitrogens is 3. The molecular weight excluding hydrogens is 404 g/mol. The number of β-amino-alcohol motifs (C(OH)–C–C–N with tert-alkyl or cyclic N) is 1. The van der Waals surface area contributed by atoms with E-state index in [1.165, 1.54) is 0 Å². The van der Waals surface area contributed by atoms with Crippen LogP contribution in [0.1, 0.15) is 37.0 Å². The second kappa shape index (κ2) is 8.55. The van der Waals surface area contributed by atoms with Gasteiger partial charge in [0.2, 0.25) is 0 Å². The van der Waals surface area contributed by atoms with Crippen LogP contribution in [0.15, 0.2) is 47.2 Å². The average Bonchev–Trinajstić information content (AvgIpc) is 3.24. The largest absolute Gasteiger partial charge is 0.392 e. The van der Waals surface area contributed by atoms with Gasteiger partial charge in [-0.05, 0) is 49.9 Å². The number of nitrogens with zero attached hydrogens (tertiary/aromatic N) is 4. The molecule has 166 valence electrons. The Morgan fingerprint density at radius 1 is 1.16 bits per heavy atom. The number of aliphatic hydroxyl groups excluding tert-OH is 2. The van der Waals surface area contributed by atoms with E-state index in [-0.39, 0.29) is 6.10 Å². The van der Waals surface area contributed by atoms with Crippen LogP contribution in [0, 0.1) is 29.6 Å². The van der Waals surface area contributed by atoms with Crippen LogP contribution >= 0.6 is 0 Å². The number of hydrogen-bond donors (Lipinski definition) is 2. The molecule has 0 amide bonds. The zero-order valence-corrected chi connectivity index (χ0v) is 18.3. The Balaban J connectivity index is 1.19. The van der Waals surface area contributed by atoms with Gasteiger partial charge in [-0.3, -0.25) is 0 Å². The lowest BCUT2D eigenvalue weighted by Crippen LogP contribution is -2.31. The van der Waals surface area contributed by atoms with Crippen LogP contribution in [0.25, 0.3) is 11.3 Å². The molecule has 7 heteroatoms. The molecule has 1 aromatic carbocycles. The van der Waals surface area contributed by atoms with Crippen molar-refractivity contribution in [3.63, 3.8) is 0 Å². The van der Waals surface area contributed by atoms with Crippen molar-refractivity contribution in [1.29, 1.82) is 0 Å². The maximum Gasteiger partial charge on any atom is 0.167 e. The first-order valence-electron chi connectivity index (χ1n) is 11.1. The summed E-state index contributed by atoms with van der Waals surface area (Å²) in [6.45, 7) is 6.91. The Hall–Kier alpha value is -2.92. The molecule has 0 bridgehead atoms. The van der Waals surface area contributed by atoms with Crippen molar-refractivity contribution in [2.75, 3.05) is 19.6 Å². The molecular formula is C25H28N4O3. The summed E-state index contributed by atoms with van der Waals surface area (Å²) >= 11 is 0. The van der Waals surface area contributed by atoms with E-state index in [4.69, 9.17) is 4.52 Å². The van der Waals surface area contributed by atoms with Gasteiger partial charge in [0, 0.05) is 55.1 Å². The quantitative estimate of drug-likeness (QED) is 0.582. The molecule has 1 saturated carbocycles. The van der Waals surface area contributed by atoms with Crippen molar-refractivity contribution >= 4 is 0 Å². The molecule has 5 rings (SSSR count). The predicted octanol–water partition coefficient (Wildman–Crippen LogP) is 2.55. The van der Waals surface area contributed by atoms with Crippen LogP contribution in [0.5, 0.6) is 0 Å². The second-order valence-electron chi connectivity index (χ2n) is 9.04. The third kappa shape index (κ3) is 4.35. The smallest absolute Gasteiger partial charge is 0.167 e. The van der Waals surface area contributed by atoms with Crippen molar-refractivity contribution in [2.24, 2.45) is 17.8 Å². The minimum atomic E-state index is -0.636. The summed E-state index contributed by atoms with van der Waals surface area (Å²) in [6.07, 6.45) is 2.60. The fraction of sp³-hybridized carbons (Fsp3) is 0.440. The monoisotopic (exact) mass is 432 g/mol. The Morgan fingerprint density at radius 3 is 2.59 bits per heavy atom. The summed E-state index contributed by atoms with van der Waals surface area (Å²) in [6, 6.07) is 9.96. The summed E-state index contributed by atoms with van der Waals surface area (Å²) in [7, 11) is 0. The van der Waals surface area contributed by atoms with Crippen LogP contribution in [0.3, 0.4) is 0 Å². The van der Waals surface area contributed by atoms with Crippen LogP contribution in [0.2, 0.25) is 0 Å². The molecule has 5 atom stereocenters. The lowest BCUT2D eigenvalue weighted by molar-refractivity contribution is 0.132. The average molecular weight is 433 g/mol. The topological polar surface area (TPSA) is 87.5 Å². The fourth-order valence-corrected chi connectivity index (χ4v) is 4.75. The molecule has 3 heterocycles. The standard InChI is InChI=1S/C25H28N4O3/c1-16(30)12-28-14-22-21(23(22)15-28)8-5-18-3-6-19(7-4-18)24-11-20(27-32-24)13-29-10-9-26-25(29)17(2)31/h3-4,6-7,9-11,16-17,21-23,30-31H,12-15H2,1-2H3/t16?,17-,21-,22-,23+/m0/s1. The molecule has 2 aliphatic rings. The highest BCUT2D eigenvalue weighted by Crippen LogP contribution is 2.51. The van der Waals surface area contributed by atoms with Gasteiger partial charge in [0.1, 0.15) is 17.6 Å². The molecule has 0 radical (unpaired) electrons. The van der Waals surface area contributed by atoms with Crippen molar-refractivity contribution in [3.05, 3.63) is 59.8 Å². The number of benzene rings is 1. The molecule has 2 fully saturated rings. The lowest BCUT2D eigenvalue weighted by atomic mass is 10.1. The van der Waals surface area contributed by atoms with Crippen molar-refractivity contribution in [3.8, 4) is 23.2 Å². The normalized spacial score (nSPS) is 23.9. The van der Waals surface area contributed by atoms with E-state index >= 15 is 0 Å². The van der Waals surface area contributed by atoms with E-state index in [0.29, 0.717) is 35.9 Å². The Morgan fingerprint density at radius 2 is 1.91 bits per heavy atom. The van der Waals surface area contributed by atoms with Crippen LogP contribution < -0.4 is 0 Å². The van der Waals surface area contributed by atoms with Gasteiger partial charge >= 0.3 is 0 Å². The number of piperidine rings is 1. The number of hydrogen-bond acceptors (Lipinski definition) is 6. The van der Waals surface area contributed by atoms with E-state index in [1.807, 2.05) is 48.0 Å². The predicted molar refractivity (Wildman–Crippen MR) is 119 cm³/mol. The third-order valence-corrected chi connectivity index (χ3v) is 6.36. The van der Waals surface area contributed by atoms with E-state index < -0.39 is 6.10 Å². The summed E-state index contributed by atoms with van der Waals surface area (Å²) in [5, 5.41) is 23.5. The van der Waals surface area contributed by atoms with Gasteiger partial charge in [0.15, 0.2) is 5.76 Å². The van der Waals surface area contributed by atoms with Crippen molar-refractivity contribution < 1.29 is 14.7 Å². The molecule has 3 aromatic rings. The highest BCUT2D eigenvalue weighted by Gasteiger charge is 2.54. The summed E-state index contributed by atoms with van der Waals surface area (Å²) in [5.74, 6) is 9.90. The zero-order chi connectivity index (χ0) is 22.2.